The first-order chi connectivity index (χ1) is 4.42. The topological polar surface area (TPSA) is 12.0 Å². The minimum atomic E-state index is 0.839. The van der Waals surface area contributed by atoms with Gasteiger partial charge in [-0.05, 0) is 37.8 Å². The van der Waals surface area contributed by atoms with Gasteiger partial charge in [0.2, 0.25) is 0 Å². The number of nitrogens with one attached hydrogen (secondary N) is 1. The summed E-state index contributed by atoms with van der Waals surface area (Å²) in [7, 11) is 0. The van der Waals surface area contributed by atoms with Gasteiger partial charge in [-0.15, -0.1) is 0 Å². The Bertz CT molecular complexity index is 140. The first-order valence-electron chi connectivity index (χ1n) is 3.79. The summed E-state index contributed by atoms with van der Waals surface area (Å²) in [4.78, 5) is 0. The van der Waals surface area contributed by atoms with Gasteiger partial charge < -0.3 is 5.32 Å². The molecule has 2 aliphatic rings. The Labute approximate surface area is 56.1 Å². The van der Waals surface area contributed by atoms with E-state index in [9.17, 15) is 0 Å². The van der Waals surface area contributed by atoms with Crippen molar-refractivity contribution < 1.29 is 0 Å². The van der Waals surface area contributed by atoms with Crippen LogP contribution in [0.25, 0.3) is 0 Å². The molecule has 0 spiro atoms. The van der Waals surface area contributed by atoms with E-state index < -0.39 is 0 Å². The minimum absolute atomic E-state index is 0.839. The Morgan fingerprint density at radius 3 is 2.78 bits per heavy atom. The molecule has 3 atom stereocenters. The zero-order chi connectivity index (χ0) is 6.27. The Hall–Kier alpha value is -0.460. The average molecular weight is 123 g/mol. The predicted molar refractivity (Wildman–Crippen MR) is 38.0 cm³/mol. The molecule has 50 valence electrons. The summed E-state index contributed by atoms with van der Waals surface area (Å²) in [5.74, 6) is 2.17. The summed E-state index contributed by atoms with van der Waals surface area (Å²) in [6.45, 7) is 2.05. The third kappa shape index (κ3) is 0.752. The standard InChI is InChI=1S/C8H13N/c1-2-3-9-8-5-6-4-7(6)8/h2-3,6-9H,4-5H2,1H3/b3-2-. The summed E-state index contributed by atoms with van der Waals surface area (Å²) in [5.41, 5.74) is 0. The van der Waals surface area contributed by atoms with Crippen LogP contribution in [0.5, 0.6) is 0 Å². The maximum Gasteiger partial charge on any atom is 0.0289 e. The first-order valence-corrected chi connectivity index (χ1v) is 3.79. The monoisotopic (exact) mass is 123 g/mol. The largest absolute Gasteiger partial charge is 0.388 e. The fourth-order valence-corrected chi connectivity index (χ4v) is 1.75. The molecule has 2 saturated carbocycles. The second kappa shape index (κ2) is 1.76. The Morgan fingerprint density at radius 2 is 2.33 bits per heavy atom. The Balaban J connectivity index is 1.75. The van der Waals surface area contributed by atoms with Crippen molar-refractivity contribution in [1.82, 2.24) is 5.32 Å². The first kappa shape index (κ1) is 5.33. The second-order valence-corrected chi connectivity index (χ2v) is 3.17. The smallest absolute Gasteiger partial charge is 0.0289 e. The lowest BCUT2D eigenvalue weighted by molar-refractivity contribution is 0.345. The van der Waals surface area contributed by atoms with Gasteiger partial charge in [0.05, 0.1) is 0 Å². The van der Waals surface area contributed by atoms with Crippen LogP contribution in [0, 0.1) is 11.8 Å². The zero-order valence-electron chi connectivity index (χ0n) is 5.80. The van der Waals surface area contributed by atoms with E-state index in [1.54, 1.807) is 0 Å². The van der Waals surface area contributed by atoms with Crippen molar-refractivity contribution in [3.63, 3.8) is 0 Å². The Morgan fingerprint density at radius 1 is 1.44 bits per heavy atom. The summed E-state index contributed by atoms with van der Waals surface area (Å²) in [5, 5.41) is 3.38. The molecule has 2 fully saturated rings. The van der Waals surface area contributed by atoms with Crippen molar-refractivity contribution in [2.75, 3.05) is 0 Å². The average Bonchev–Trinajstić information content (AvgIpc) is 2.44. The van der Waals surface area contributed by atoms with E-state index in [2.05, 4.69) is 24.5 Å². The molecular weight excluding hydrogens is 110 g/mol. The summed E-state index contributed by atoms with van der Waals surface area (Å²) < 4.78 is 0. The van der Waals surface area contributed by atoms with Crippen LogP contribution in [-0.2, 0) is 0 Å². The summed E-state index contributed by atoms with van der Waals surface area (Å²) in [6, 6.07) is 0.839. The van der Waals surface area contributed by atoms with E-state index in [1.807, 2.05) is 0 Å². The van der Waals surface area contributed by atoms with Crippen molar-refractivity contribution in [3.8, 4) is 0 Å². The molecule has 0 heterocycles. The molecule has 9 heavy (non-hydrogen) atoms. The molecule has 0 saturated heterocycles. The van der Waals surface area contributed by atoms with E-state index in [0.717, 1.165) is 17.9 Å². The molecule has 1 N–H and O–H groups in total. The maximum atomic E-state index is 3.38. The molecule has 0 aromatic carbocycles. The van der Waals surface area contributed by atoms with Crippen molar-refractivity contribution in [2.45, 2.75) is 25.8 Å². The van der Waals surface area contributed by atoms with E-state index in [-0.39, 0.29) is 0 Å². The van der Waals surface area contributed by atoms with Crippen LogP contribution in [0.15, 0.2) is 12.3 Å². The maximum absolute atomic E-state index is 3.38. The number of allylic oxidation sites excluding steroid dienone is 1. The normalized spacial score (nSPS) is 46.1. The number of rotatable bonds is 2. The van der Waals surface area contributed by atoms with Gasteiger partial charge in [0.15, 0.2) is 0 Å². The van der Waals surface area contributed by atoms with Gasteiger partial charge >= 0.3 is 0 Å². The Kier molecular flexibility index (Phi) is 1.04. The lowest BCUT2D eigenvalue weighted by Crippen LogP contribution is -2.34. The highest BCUT2D eigenvalue weighted by atomic mass is 14.9. The molecule has 3 unspecified atom stereocenters. The van der Waals surface area contributed by atoms with E-state index >= 15 is 0 Å². The fraction of sp³-hybridized carbons (Fsp3) is 0.750. The lowest BCUT2D eigenvalue weighted by atomic mass is 9.93. The van der Waals surface area contributed by atoms with Crippen LogP contribution in [0.2, 0.25) is 0 Å². The molecule has 1 nitrogen and oxygen atoms in total. The van der Waals surface area contributed by atoms with Crippen molar-refractivity contribution in [3.05, 3.63) is 12.3 Å². The van der Waals surface area contributed by atoms with Crippen LogP contribution in [-0.4, -0.2) is 6.04 Å². The van der Waals surface area contributed by atoms with Crippen LogP contribution in [0.3, 0.4) is 0 Å². The fourth-order valence-electron chi connectivity index (χ4n) is 1.75. The van der Waals surface area contributed by atoms with Crippen LogP contribution in [0.4, 0.5) is 0 Å². The molecule has 0 bridgehead atoms. The van der Waals surface area contributed by atoms with E-state index in [0.29, 0.717) is 0 Å². The van der Waals surface area contributed by atoms with E-state index in [1.165, 1.54) is 12.8 Å². The van der Waals surface area contributed by atoms with Crippen LogP contribution >= 0.6 is 0 Å². The minimum Gasteiger partial charge on any atom is -0.388 e. The zero-order valence-corrected chi connectivity index (χ0v) is 5.80. The SMILES string of the molecule is C/C=C\NC1CC2CC21. The van der Waals surface area contributed by atoms with E-state index in [4.69, 9.17) is 0 Å². The molecule has 0 radical (unpaired) electrons. The molecule has 0 aromatic heterocycles. The number of hydrogen-bond acceptors (Lipinski definition) is 1. The van der Waals surface area contributed by atoms with Gasteiger partial charge in [-0.2, -0.15) is 0 Å². The highest BCUT2D eigenvalue weighted by Gasteiger charge is 2.52. The third-order valence-electron chi connectivity index (χ3n) is 2.53. The molecule has 0 amide bonds. The summed E-state index contributed by atoms with van der Waals surface area (Å²) in [6.07, 6.45) is 7.05. The highest BCUT2D eigenvalue weighted by Crippen LogP contribution is 2.55. The summed E-state index contributed by atoms with van der Waals surface area (Å²) >= 11 is 0. The van der Waals surface area contributed by atoms with Gasteiger partial charge in [0.1, 0.15) is 0 Å². The van der Waals surface area contributed by atoms with Gasteiger partial charge in [0, 0.05) is 6.04 Å². The van der Waals surface area contributed by atoms with Crippen molar-refractivity contribution >= 4 is 0 Å². The second-order valence-electron chi connectivity index (χ2n) is 3.17. The van der Waals surface area contributed by atoms with Crippen LogP contribution < -0.4 is 5.32 Å². The molecule has 2 aliphatic carbocycles. The van der Waals surface area contributed by atoms with Gasteiger partial charge in [-0.3, -0.25) is 0 Å². The molecule has 2 rings (SSSR count). The van der Waals surface area contributed by atoms with Gasteiger partial charge in [-0.1, -0.05) is 6.08 Å². The predicted octanol–water partition coefficient (Wildman–Crippen LogP) is 1.52. The molecule has 0 aromatic rings. The quantitative estimate of drug-likeness (QED) is 0.587. The molecule has 0 aliphatic heterocycles. The molecule has 1 heteroatoms. The number of hydrogen-bond donors (Lipinski definition) is 1. The van der Waals surface area contributed by atoms with Gasteiger partial charge in [0.25, 0.3) is 0 Å². The highest BCUT2D eigenvalue weighted by molar-refractivity contribution is 5.08. The van der Waals surface area contributed by atoms with Gasteiger partial charge in [-0.25, -0.2) is 0 Å². The van der Waals surface area contributed by atoms with Crippen molar-refractivity contribution in [1.29, 1.82) is 0 Å². The molecular formula is C8H13N. The van der Waals surface area contributed by atoms with Crippen molar-refractivity contribution in [2.24, 2.45) is 11.8 Å². The lowest BCUT2D eigenvalue weighted by Gasteiger charge is -2.24. The van der Waals surface area contributed by atoms with Crippen LogP contribution in [0.1, 0.15) is 19.8 Å². The third-order valence-corrected chi connectivity index (χ3v) is 2.53. The number of fused-ring (bicyclic) bond motifs is 1.